The van der Waals surface area contributed by atoms with E-state index in [-0.39, 0.29) is 13.3 Å². The number of carbonyl (C=O) groups excluding carboxylic acids is 1. The van der Waals surface area contributed by atoms with Crippen molar-refractivity contribution in [1.82, 2.24) is 0 Å². The zero-order valence-corrected chi connectivity index (χ0v) is 11.6. The monoisotopic (exact) mass is 216 g/mol. The lowest BCUT2D eigenvalue weighted by molar-refractivity contribution is -0.123. The van der Waals surface area contributed by atoms with Crippen LogP contribution >= 0.6 is 7.92 Å². The van der Waals surface area contributed by atoms with Crippen molar-refractivity contribution in [2.24, 2.45) is 5.41 Å². The molecule has 2 heteroatoms. The van der Waals surface area contributed by atoms with Gasteiger partial charge in [0.2, 0.25) is 0 Å². The third kappa shape index (κ3) is 4.55. The standard InChI is InChI=1S/C12H25OP/c1-9(2)14(10(3)4)8-11(13)12(5,6)7/h9-10H,8H2,1-7H3. The second-order valence-electron chi connectivity index (χ2n) is 5.53. The van der Waals surface area contributed by atoms with Crippen molar-refractivity contribution in [3.8, 4) is 0 Å². The van der Waals surface area contributed by atoms with Gasteiger partial charge >= 0.3 is 0 Å². The van der Waals surface area contributed by atoms with Crippen LogP contribution in [-0.2, 0) is 4.79 Å². The molecule has 14 heavy (non-hydrogen) atoms. The molecule has 0 aliphatic carbocycles. The Hall–Kier alpha value is 0.100. The molecule has 0 aromatic heterocycles. The molecule has 0 N–H and O–H groups in total. The van der Waals surface area contributed by atoms with Gasteiger partial charge in [-0.15, -0.1) is 0 Å². The van der Waals surface area contributed by atoms with E-state index in [0.717, 1.165) is 6.16 Å². The van der Waals surface area contributed by atoms with E-state index in [4.69, 9.17) is 0 Å². The van der Waals surface area contributed by atoms with Crippen molar-refractivity contribution in [2.45, 2.75) is 59.8 Å². The lowest BCUT2D eigenvalue weighted by Crippen LogP contribution is -2.25. The Balaban J connectivity index is 4.40. The highest BCUT2D eigenvalue weighted by Gasteiger charge is 2.27. The summed E-state index contributed by atoms with van der Waals surface area (Å²) in [6.07, 6.45) is 0.800. The van der Waals surface area contributed by atoms with E-state index < -0.39 is 0 Å². The predicted octanol–water partition coefficient (Wildman–Crippen LogP) is 3.90. The Bertz CT molecular complexity index is 181. The maximum atomic E-state index is 11.9. The minimum Gasteiger partial charge on any atom is -0.299 e. The molecule has 0 aliphatic heterocycles. The third-order valence-electron chi connectivity index (χ3n) is 2.49. The largest absolute Gasteiger partial charge is 0.299 e. The molecule has 0 aliphatic rings. The van der Waals surface area contributed by atoms with E-state index in [1.165, 1.54) is 0 Å². The van der Waals surface area contributed by atoms with Gasteiger partial charge in [-0.05, 0) is 11.3 Å². The molecule has 1 nitrogen and oxygen atoms in total. The molecule has 0 amide bonds. The van der Waals surface area contributed by atoms with Crippen molar-refractivity contribution in [3.63, 3.8) is 0 Å². The molecule has 0 spiro atoms. The summed E-state index contributed by atoms with van der Waals surface area (Å²) in [4.78, 5) is 11.9. The van der Waals surface area contributed by atoms with Gasteiger partial charge < -0.3 is 0 Å². The first-order valence-corrected chi connectivity index (χ1v) is 7.11. The maximum absolute atomic E-state index is 11.9. The lowest BCUT2D eigenvalue weighted by atomic mass is 9.92. The van der Waals surface area contributed by atoms with E-state index in [1.807, 2.05) is 20.8 Å². The van der Waals surface area contributed by atoms with Crippen LogP contribution < -0.4 is 0 Å². The Morgan fingerprint density at radius 3 is 1.64 bits per heavy atom. The molecule has 0 aromatic carbocycles. The minimum absolute atomic E-state index is 0.132. The summed E-state index contributed by atoms with van der Waals surface area (Å²) in [6, 6.07) is 0. The second-order valence-corrected chi connectivity index (χ2v) is 8.94. The zero-order chi connectivity index (χ0) is 11.5. The van der Waals surface area contributed by atoms with Gasteiger partial charge in [0.05, 0.1) is 0 Å². The fourth-order valence-electron chi connectivity index (χ4n) is 1.36. The van der Waals surface area contributed by atoms with Crippen LogP contribution in [0, 0.1) is 5.41 Å². The summed E-state index contributed by atoms with van der Waals surface area (Å²) in [5.74, 6) is 0.422. The molecular formula is C12H25OP. The average molecular weight is 216 g/mol. The van der Waals surface area contributed by atoms with E-state index in [0.29, 0.717) is 17.1 Å². The first kappa shape index (κ1) is 14.1. The minimum atomic E-state index is -0.162. The van der Waals surface area contributed by atoms with Crippen molar-refractivity contribution in [2.75, 3.05) is 6.16 Å². The van der Waals surface area contributed by atoms with Crippen LogP contribution in [0.1, 0.15) is 48.5 Å². The topological polar surface area (TPSA) is 17.1 Å². The number of ketones is 1. The molecule has 0 rings (SSSR count). The van der Waals surface area contributed by atoms with Crippen LogP contribution in [0.4, 0.5) is 0 Å². The van der Waals surface area contributed by atoms with E-state index >= 15 is 0 Å². The fraction of sp³-hybridized carbons (Fsp3) is 0.917. The Kier molecular flexibility index (Phi) is 5.30. The third-order valence-corrected chi connectivity index (χ3v) is 5.79. The fourth-order valence-corrected chi connectivity index (χ4v) is 4.09. The normalized spacial score (nSPS) is 13.0. The van der Waals surface area contributed by atoms with Crippen LogP contribution in [0.15, 0.2) is 0 Å². The van der Waals surface area contributed by atoms with Gasteiger partial charge in [0, 0.05) is 11.6 Å². The SMILES string of the molecule is CC(C)P(CC(=O)C(C)(C)C)C(C)C. The van der Waals surface area contributed by atoms with Crippen LogP contribution in [0.3, 0.4) is 0 Å². The van der Waals surface area contributed by atoms with Gasteiger partial charge in [-0.2, -0.15) is 0 Å². The number of hydrogen-bond acceptors (Lipinski definition) is 1. The van der Waals surface area contributed by atoms with Gasteiger partial charge in [0.1, 0.15) is 5.78 Å². The predicted molar refractivity (Wildman–Crippen MR) is 66.5 cm³/mol. The van der Waals surface area contributed by atoms with Crippen LogP contribution in [0.25, 0.3) is 0 Å². The molecule has 84 valence electrons. The number of rotatable bonds is 4. The molecule has 0 atom stereocenters. The van der Waals surface area contributed by atoms with Crippen LogP contribution in [-0.4, -0.2) is 23.3 Å². The second kappa shape index (κ2) is 5.26. The molecule has 0 unspecified atom stereocenters. The summed E-state index contributed by atoms with van der Waals surface area (Å²) in [7, 11) is -0.132. The molecule has 0 radical (unpaired) electrons. The Morgan fingerprint density at radius 2 is 1.43 bits per heavy atom. The van der Waals surface area contributed by atoms with E-state index in [2.05, 4.69) is 27.7 Å². The highest BCUT2D eigenvalue weighted by Crippen LogP contribution is 2.46. The Morgan fingerprint density at radius 1 is 1.07 bits per heavy atom. The lowest BCUT2D eigenvalue weighted by Gasteiger charge is -2.28. The zero-order valence-electron chi connectivity index (χ0n) is 10.7. The van der Waals surface area contributed by atoms with E-state index in [9.17, 15) is 4.79 Å². The van der Waals surface area contributed by atoms with Gasteiger partial charge in [0.15, 0.2) is 0 Å². The first-order valence-electron chi connectivity index (χ1n) is 5.45. The molecule has 0 bridgehead atoms. The van der Waals surface area contributed by atoms with Crippen molar-refractivity contribution in [1.29, 1.82) is 0 Å². The average Bonchev–Trinajstić information content (AvgIpc) is 1.96. The smallest absolute Gasteiger partial charge is 0.142 e. The summed E-state index contributed by atoms with van der Waals surface area (Å²) < 4.78 is 0. The first-order chi connectivity index (χ1) is 6.16. The van der Waals surface area contributed by atoms with Crippen molar-refractivity contribution >= 4 is 13.7 Å². The van der Waals surface area contributed by atoms with Crippen LogP contribution in [0.5, 0.6) is 0 Å². The quantitative estimate of drug-likeness (QED) is 0.651. The van der Waals surface area contributed by atoms with Crippen molar-refractivity contribution in [3.05, 3.63) is 0 Å². The van der Waals surface area contributed by atoms with Crippen LogP contribution in [0.2, 0.25) is 0 Å². The molecule has 0 heterocycles. The molecule has 0 aromatic rings. The Labute approximate surface area is 90.4 Å². The summed E-state index contributed by atoms with van der Waals surface area (Å²) >= 11 is 0. The highest BCUT2D eigenvalue weighted by atomic mass is 31.1. The maximum Gasteiger partial charge on any atom is 0.142 e. The number of hydrogen-bond donors (Lipinski definition) is 0. The number of carbonyl (C=O) groups is 1. The van der Waals surface area contributed by atoms with Gasteiger partial charge in [-0.25, -0.2) is 0 Å². The van der Waals surface area contributed by atoms with Gasteiger partial charge in [-0.1, -0.05) is 56.4 Å². The molecule has 0 saturated carbocycles. The summed E-state index contributed by atoms with van der Waals surface area (Å²) in [6.45, 7) is 15.0. The van der Waals surface area contributed by atoms with E-state index in [1.54, 1.807) is 0 Å². The summed E-state index contributed by atoms with van der Waals surface area (Å²) in [5, 5.41) is 0. The van der Waals surface area contributed by atoms with Crippen molar-refractivity contribution < 1.29 is 4.79 Å². The highest BCUT2D eigenvalue weighted by molar-refractivity contribution is 7.60. The molecule has 0 fully saturated rings. The van der Waals surface area contributed by atoms with Gasteiger partial charge in [-0.3, -0.25) is 4.79 Å². The molecule has 0 saturated heterocycles. The molecular weight excluding hydrogens is 191 g/mol. The summed E-state index contributed by atoms with van der Waals surface area (Å²) in [5.41, 5.74) is 1.16. The number of Topliss-reactive ketones (excluding diaryl/α,β-unsaturated/α-hetero) is 1. The van der Waals surface area contributed by atoms with Gasteiger partial charge in [0.25, 0.3) is 0 Å².